The van der Waals surface area contributed by atoms with Gasteiger partial charge in [0.25, 0.3) is 0 Å². The number of ketones is 1. The van der Waals surface area contributed by atoms with Crippen molar-refractivity contribution >= 4 is 12.1 Å². The summed E-state index contributed by atoms with van der Waals surface area (Å²) in [4.78, 5) is 21.6. The molecule has 138 valence electrons. The van der Waals surface area contributed by atoms with Gasteiger partial charge in [0.1, 0.15) is 12.1 Å². The monoisotopic (exact) mass is 336 g/mol. The number of Topliss-reactive ketones (excluding diaryl/α,β-unsaturated/α-hetero) is 1. The third kappa shape index (κ3) is 7.57. The van der Waals surface area contributed by atoms with Crippen LogP contribution in [-0.4, -0.2) is 25.8 Å². The standard InChI is InChI=1S/C12H18O.C7H12O2.C2H6/c1-8-3-5-11-9(2)12(13)6-4-10(11)7-8;1-3-7(6-8)4-5-9-2;1-2/h9-11H,1,3-7H2,2H3;3,6H,4-5H2,1-2H3;1-2H3/b;7-3+;. The van der Waals surface area contributed by atoms with Crippen molar-refractivity contribution < 1.29 is 14.3 Å². The molecular formula is C21H36O3. The number of fused-ring (bicyclic) bond motifs is 1. The lowest BCUT2D eigenvalue weighted by atomic mass is 9.65. The lowest BCUT2D eigenvalue weighted by molar-refractivity contribution is -0.128. The lowest BCUT2D eigenvalue weighted by Gasteiger charge is -2.39. The van der Waals surface area contributed by atoms with E-state index in [0.29, 0.717) is 24.2 Å². The van der Waals surface area contributed by atoms with Crippen molar-refractivity contribution in [1.29, 1.82) is 0 Å². The minimum absolute atomic E-state index is 0.326. The van der Waals surface area contributed by atoms with E-state index in [4.69, 9.17) is 4.74 Å². The van der Waals surface area contributed by atoms with Gasteiger partial charge in [-0.05, 0) is 56.4 Å². The van der Waals surface area contributed by atoms with Crippen LogP contribution >= 0.6 is 0 Å². The molecule has 0 aromatic carbocycles. The van der Waals surface area contributed by atoms with Gasteiger partial charge >= 0.3 is 0 Å². The Morgan fingerprint density at radius 1 is 1.29 bits per heavy atom. The summed E-state index contributed by atoms with van der Waals surface area (Å²) in [5.74, 6) is 2.27. The van der Waals surface area contributed by atoms with Gasteiger partial charge in [0.05, 0.1) is 6.61 Å². The smallest absolute Gasteiger partial charge is 0.145 e. The van der Waals surface area contributed by atoms with E-state index in [1.54, 1.807) is 13.2 Å². The van der Waals surface area contributed by atoms with Crippen LogP contribution in [0.4, 0.5) is 0 Å². The predicted molar refractivity (Wildman–Crippen MR) is 101 cm³/mol. The Kier molecular flexibility index (Phi) is 12.4. The van der Waals surface area contributed by atoms with Gasteiger partial charge in [0, 0.05) is 19.4 Å². The Balaban J connectivity index is 0.000000426. The van der Waals surface area contributed by atoms with Crippen LogP contribution in [0.3, 0.4) is 0 Å². The van der Waals surface area contributed by atoms with Crippen molar-refractivity contribution in [3.05, 3.63) is 23.8 Å². The summed E-state index contributed by atoms with van der Waals surface area (Å²) in [6, 6.07) is 0. The van der Waals surface area contributed by atoms with Gasteiger partial charge in [-0.15, -0.1) is 0 Å². The average Bonchev–Trinajstić information content (AvgIpc) is 2.61. The molecule has 0 aromatic heterocycles. The number of carbonyl (C=O) groups is 2. The van der Waals surface area contributed by atoms with Gasteiger partial charge < -0.3 is 4.74 Å². The molecule has 0 spiro atoms. The van der Waals surface area contributed by atoms with Gasteiger partial charge in [-0.1, -0.05) is 39.0 Å². The van der Waals surface area contributed by atoms with Crippen LogP contribution in [0.5, 0.6) is 0 Å². The maximum Gasteiger partial charge on any atom is 0.145 e. The first-order chi connectivity index (χ1) is 11.5. The van der Waals surface area contributed by atoms with Gasteiger partial charge in [-0.3, -0.25) is 9.59 Å². The number of hydrogen-bond acceptors (Lipinski definition) is 3. The zero-order valence-electron chi connectivity index (χ0n) is 16.3. The number of rotatable bonds is 4. The minimum atomic E-state index is 0.326. The molecular weight excluding hydrogens is 300 g/mol. The second-order valence-corrected chi connectivity index (χ2v) is 6.43. The molecule has 2 fully saturated rings. The van der Waals surface area contributed by atoms with Crippen LogP contribution in [0.2, 0.25) is 0 Å². The first-order valence-electron chi connectivity index (χ1n) is 9.32. The molecule has 0 aromatic rings. The number of aldehydes is 1. The van der Waals surface area contributed by atoms with Crippen LogP contribution in [0, 0.1) is 17.8 Å². The van der Waals surface area contributed by atoms with Crippen molar-refractivity contribution in [3.8, 4) is 0 Å². The molecule has 0 saturated heterocycles. The van der Waals surface area contributed by atoms with Crippen molar-refractivity contribution in [2.45, 2.75) is 66.2 Å². The Hall–Kier alpha value is -1.22. The Morgan fingerprint density at radius 3 is 2.50 bits per heavy atom. The third-order valence-corrected chi connectivity index (χ3v) is 5.02. The highest BCUT2D eigenvalue weighted by molar-refractivity contribution is 5.81. The Labute approximate surface area is 148 Å². The molecule has 0 radical (unpaired) electrons. The van der Waals surface area contributed by atoms with Gasteiger partial charge in [0.2, 0.25) is 0 Å². The van der Waals surface area contributed by atoms with Crippen LogP contribution in [0.1, 0.15) is 66.2 Å². The molecule has 24 heavy (non-hydrogen) atoms. The zero-order chi connectivity index (χ0) is 18.5. The molecule has 3 atom stereocenters. The van der Waals surface area contributed by atoms with Crippen molar-refractivity contribution in [1.82, 2.24) is 0 Å². The highest BCUT2D eigenvalue weighted by atomic mass is 16.5. The summed E-state index contributed by atoms with van der Waals surface area (Å²) in [7, 11) is 1.62. The molecule has 3 heteroatoms. The topological polar surface area (TPSA) is 43.4 Å². The second kappa shape index (κ2) is 13.1. The number of ether oxygens (including phenoxy) is 1. The summed E-state index contributed by atoms with van der Waals surface area (Å²) < 4.78 is 4.78. The molecule has 3 nitrogen and oxygen atoms in total. The van der Waals surface area contributed by atoms with E-state index < -0.39 is 0 Å². The molecule has 3 unspecified atom stereocenters. The maximum absolute atomic E-state index is 11.5. The molecule has 2 saturated carbocycles. The van der Waals surface area contributed by atoms with Crippen LogP contribution in [-0.2, 0) is 14.3 Å². The van der Waals surface area contributed by atoms with E-state index in [9.17, 15) is 9.59 Å². The zero-order valence-corrected chi connectivity index (χ0v) is 16.3. The molecule has 2 aliphatic carbocycles. The maximum atomic E-state index is 11.5. The SMILES string of the molecule is C/C=C(/C=O)CCOC.C=C1CCC2C(CCC(=O)C2C)C1.CC. The highest BCUT2D eigenvalue weighted by Gasteiger charge is 2.37. The average molecular weight is 337 g/mol. The quantitative estimate of drug-likeness (QED) is 0.405. The first kappa shape index (κ1) is 22.8. The summed E-state index contributed by atoms with van der Waals surface area (Å²) >= 11 is 0. The van der Waals surface area contributed by atoms with Crippen molar-refractivity contribution in [3.63, 3.8) is 0 Å². The highest BCUT2D eigenvalue weighted by Crippen LogP contribution is 2.43. The van der Waals surface area contributed by atoms with E-state index in [2.05, 4.69) is 13.5 Å². The second-order valence-electron chi connectivity index (χ2n) is 6.43. The fraction of sp³-hybridized carbons (Fsp3) is 0.714. The fourth-order valence-corrected chi connectivity index (χ4v) is 3.49. The molecule has 0 aliphatic heterocycles. The van der Waals surface area contributed by atoms with E-state index >= 15 is 0 Å². The van der Waals surface area contributed by atoms with Crippen molar-refractivity contribution in [2.75, 3.05) is 13.7 Å². The van der Waals surface area contributed by atoms with Crippen LogP contribution < -0.4 is 0 Å². The molecule has 2 aliphatic rings. The number of methoxy groups -OCH3 is 1. The van der Waals surface area contributed by atoms with Gasteiger partial charge in [0.15, 0.2) is 0 Å². The van der Waals surface area contributed by atoms with Crippen LogP contribution in [0.15, 0.2) is 23.8 Å². The Morgan fingerprint density at radius 2 is 1.96 bits per heavy atom. The van der Waals surface area contributed by atoms with Gasteiger partial charge in [-0.2, -0.15) is 0 Å². The lowest BCUT2D eigenvalue weighted by Crippen LogP contribution is -2.35. The number of hydrogen-bond donors (Lipinski definition) is 0. The fourth-order valence-electron chi connectivity index (χ4n) is 3.49. The summed E-state index contributed by atoms with van der Waals surface area (Å²) in [5.41, 5.74) is 2.21. The van der Waals surface area contributed by atoms with Gasteiger partial charge in [-0.25, -0.2) is 0 Å². The normalized spacial score (nSPS) is 26.4. The first-order valence-corrected chi connectivity index (χ1v) is 9.32. The molecule has 0 amide bonds. The molecule has 2 rings (SSSR count). The summed E-state index contributed by atoms with van der Waals surface area (Å²) in [6.45, 7) is 12.7. The Bertz CT molecular complexity index is 423. The molecule has 0 N–H and O–H groups in total. The number of allylic oxidation sites excluding steroid dienone is 2. The van der Waals surface area contributed by atoms with Crippen molar-refractivity contribution in [2.24, 2.45) is 17.8 Å². The largest absolute Gasteiger partial charge is 0.384 e. The third-order valence-electron chi connectivity index (χ3n) is 5.02. The van der Waals surface area contributed by atoms with Crippen LogP contribution in [0.25, 0.3) is 0 Å². The minimum Gasteiger partial charge on any atom is -0.384 e. The van der Waals surface area contributed by atoms with E-state index in [1.165, 1.54) is 18.4 Å². The predicted octanol–water partition coefficient (Wildman–Crippen LogP) is 5.15. The summed E-state index contributed by atoms with van der Waals surface area (Å²) in [6.07, 6.45) is 8.85. The molecule has 0 bridgehead atoms. The summed E-state index contributed by atoms with van der Waals surface area (Å²) in [5, 5.41) is 0. The van der Waals surface area contributed by atoms with E-state index in [-0.39, 0.29) is 0 Å². The molecule has 0 heterocycles. The van der Waals surface area contributed by atoms with E-state index in [1.807, 2.05) is 20.8 Å². The number of carbonyl (C=O) groups excluding carboxylic acids is 2. The van der Waals surface area contributed by atoms with E-state index in [0.717, 1.165) is 43.5 Å².